The molecule has 0 fully saturated rings. The van der Waals surface area contributed by atoms with Crippen LogP contribution in [0.2, 0.25) is 0 Å². The fourth-order valence-corrected chi connectivity index (χ4v) is 1.59. The fraction of sp³-hybridized carbons (Fsp3) is 0.250. The largest absolute Gasteiger partial charge is 0.362 e. The molecule has 15 heavy (non-hydrogen) atoms. The molecule has 0 aromatic heterocycles. The number of hydrogen-bond acceptors (Lipinski definition) is 4. The first-order valence-corrected chi connectivity index (χ1v) is 4.77. The van der Waals surface area contributed by atoms with Crippen molar-refractivity contribution in [2.75, 3.05) is 6.54 Å². The maximum absolute atomic E-state index is 10.8. The molecule has 6 nitrogen and oxygen atoms in total. The van der Waals surface area contributed by atoms with Crippen molar-refractivity contribution in [3.8, 4) is 0 Å². The number of nitro groups is 2. The van der Waals surface area contributed by atoms with Gasteiger partial charge in [-0.05, 0) is 0 Å². The molecule has 1 aromatic carbocycles. The fourth-order valence-electron chi connectivity index (χ4n) is 1.12. The second-order valence-electron chi connectivity index (χ2n) is 2.87. The molecule has 1 rings (SSSR count). The molecule has 0 saturated heterocycles. The molecular formula is C8H7BrN2O4. The van der Waals surface area contributed by atoms with Crippen LogP contribution in [-0.2, 0) is 4.45 Å². The molecule has 0 aliphatic rings. The first-order chi connectivity index (χ1) is 6.97. The molecule has 0 aliphatic carbocycles. The Hall–Kier alpha value is -1.50. The minimum atomic E-state index is -1.85. The molecule has 80 valence electrons. The van der Waals surface area contributed by atoms with Gasteiger partial charge in [0.1, 0.15) is 0 Å². The van der Waals surface area contributed by atoms with E-state index in [-0.39, 0.29) is 5.56 Å². The van der Waals surface area contributed by atoms with Crippen LogP contribution >= 0.6 is 15.9 Å². The SMILES string of the molecule is O=[N+]([O-])CC(Br)(c1ccccc1)[N+](=O)[O-]. The molecule has 7 heteroatoms. The van der Waals surface area contributed by atoms with Gasteiger partial charge < -0.3 is 0 Å². The molecule has 0 N–H and O–H groups in total. The molecule has 1 aromatic rings. The van der Waals surface area contributed by atoms with Crippen LogP contribution in [0.15, 0.2) is 30.3 Å². The zero-order valence-corrected chi connectivity index (χ0v) is 9.09. The Morgan fingerprint density at radius 3 is 2.13 bits per heavy atom. The normalized spacial score (nSPS) is 14.2. The summed E-state index contributed by atoms with van der Waals surface area (Å²) < 4.78 is -1.85. The number of halogens is 1. The Morgan fingerprint density at radius 2 is 1.73 bits per heavy atom. The van der Waals surface area contributed by atoms with Gasteiger partial charge >= 0.3 is 4.45 Å². The lowest BCUT2D eigenvalue weighted by Gasteiger charge is -2.14. The van der Waals surface area contributed by atoms with Crippen LogP contribution in [-0.4, -0.2) is 16.4 Å². The Morgan fingerprint density at radius 1 is 1.20 bits per heavy atom. The van der Waals surface area contributed by atoms with Gasteiger partial charge in [0.2, 0.25) is 0 Å². The summed E-state index contributed by atoms with van der Waals surface area (Å²) in [6.45, 7) is -0.802. The van der Waals surface area contributed by atoms with Gasteiger partial charge in [-0.15, -0.1) is 0 Å². The summed E-state index contributed by atoms with van der Waals surface area (Å²) in [6, 6.07) is 7.81. The molecule has 0 radical (unpaired) electrons. The van der Waals surface area contributed by atoms with Gasteiger partial charge in [0, 0.05) is 31.3 Å². The van der Waals surface area contributed by atoms with Crippen molar-refractivity contribution in [2.45, 2.75) is 4.45 Å². The van der Waals surface area contributed by atoms with Crippen molar-refractivity contribution in [1.82, 2.24) is 0 Å². The Labute approximate surface area is 93.3 Å². The number of hydrogen-bond donors (Lipinski definition) is 0. The van der Waals surface area contributed by atoms with E-state index in [0.717, 1.165) is 0 Å². The van der Waals surface area contributed by atoms with Gasteiger partial charge in [-0.3, -0.25) is 20.2 Å². The third-order valence-corrected chi connectivity index (χ3v) is 2.84. The van der Waals surface area contributed by atoms with Crippen LogP contribution in [0.1, 0.15) is 5.56 Å². The molecule has 0 heterocycles. The van der Waals surface area contributed by atoms with Crippen LogP contribution in [0.5, 0.6) is 0 Å². The second kappa shape index (κ2) is 4.35. The topological polar surface area (TPSA) is 86.3 Å². The molecule has 0 bridgehead atoms. The summed E-state index contributed by atoms with van der Waals surface area (Å²) in [5.41, 5.74) is 0.256. The molecule has 0 saturated carbocycles. The Bertz CT molecular complexity index is 383. The van der Waals surface area contributed by atoms with Gasteiger partial charge in [-0.2, -0.15) is 0 Å². The number of nitrogens with zero attached hydrogens (tertiary/aromatic N) is 2. The van der Waals surface area contributed by atoms with E-state index in [0.29, 0.717) is 0 Å². The standard InChI is InChI=1S/C8H7BrN2O4/c9-8(11(14)15,6-10(12)13)7-4-2-1-3-5-7/h1-5H,6H2. The van der Waals surface area contributed by atoms with Gasteiger partial charge in [0.25, 0.3) is 6.54 Å². The van der Waals surface area contributed by atoms with Gasteiger partial charge in [-0.25, -0.2) is 0 Å². The molecule has 1 atom stereocenters. The van der Waals surface area contributed by atoms with Crippen molar-refractivity contribution in [3.63, 3.8) is 0 Å². The van der Waals surface area contributed by atoms with Crippen molar-refractivity contribution < 1.29 is 9.85 Å². The molecule has 0 spiro atoms. The summed E-state index contributed by atoms with van der Waals surface area (Å²) in [5.74, 6) is 0. The maximum atomic E-state index is 10.8. The quantitative estimate of drug-likeness (QED) is 0.363. The van der Waals surface area contributed by atoms with Crippen LogP contribution in [0.25, 0.3) is 0 Å². The van der Waals surface area contributed by atoms with E-state index in [9.17, 15) is 20.2 Å². The molecule has 0 amide bonds. The summed E-state index contributed by atoms with van der Waals surface area (Å²) in [4.78, 5) is 19.8. The minimum absolute atomic E-state index is 0.256. The summed E-state index contributed by atoms with van der Waals surface area (Å²) in [5, 5.41) is 21.2. The maximum Gasteiger partial charge on any atom is 0.362 e. The lowest BCUT2D eigenvalue weighted by Crippen LogP contribution is -2.36. The highest BCUT2D eigenvalue weighted by atomic mass is 79.9. The molecule has 1 unspecified atom stereocenters. The van der Waals surface area contributed by atoms with E-state index in [1.807, 2.05) is 0 Å². The third-order valence-electron chi connectivity index (χ3n) is 1.84. The monoisotopic (exact) mass is 274 g/mol. The van der Waals surface area contributed by atoms with Crippen molar-refractivity contribution in [2.24, 2.45) is 0 Å². The smallest absolute Gasteiger partial charge is 0.264 e. The predicted molar refractivity (Wildman–Crippen MR) is 55.9 cm³/mol. The summed E-state index contributed by atoms with van der Waals surface area (Å²) in [7, 11) is 0. The summed E-state index contributed by atoms with van der Waals surface area (Å²) in [6.07, 6.45) is 0. The zero-order valence-electron chi connectivity index (χ0n) is 7.50. The summed E-state index contributed by atoms with van der Waals surface area (Å²) >= 11 is 2.82. The van der Waals surface area contributed by atoms with Crippen molar-refractivity contribution >= 4 is 15.9 Å². The van der Waals surface area contributed by atoms with E-state index in [1.54, 1.807) is 18.2 Å². The van der Waals surface area contributed by atoms with E-state index in [4.69, 9.17) is 0 Å². The number of alkyl halides is 1. The number of rotatable bonds is 4. The highest BCUT2D eigenvalue weighted by Crippen LogP contribution is 2.31. The van der Waals surface area contributed by atoms with E-state index in [2.05, 4.69) is 15.9 Å². The molecule has 0 aliphatic heterocycles. The van der Waals surface area contributed by atoms with E-state index >= 15 is 0 Å². The first-order valence-electron chi connectivity index (χ1n) is 3.97. The first kappa shape index (κ1) is 11.6. The highest BCUT2D eigenvalue weighted by molar-refractivity contribution is 9.09. The average molecular weight is 275 g/mol. The van der Waals surface area contributed by atoms with Crippen LogP contribution in [0.4, 0.5) is 0 Å². The lowest BCUT2D eigenvalue weighted by atomic mass is 10.1. The van der Waals surface area contributed by atoms with Crippen LogP contribution < -0.4 is 0 Å². The van der Waals surface area contributed by atoms with Gasteiger partial charge in [-0.1, -0.05) is 30.3 Å². The average Bonchev–Trinajstić information content (AvgIpc) is 2.17. The third kappa shape index (κ3) is 2.50. The lowest BCUT2D eigenvalue weighted by molar-refractivity contribution is -0.605. The van der Waals surface area contributed by atoms with Crippen molar-refractivity contribution in [3.05, 3.63) is 56.1 Å². The zero-order chi connectivity index (χ0) is 11.5. The number of benzene rings is 1. The van der Waals surface area contributed by atoms with Crippen LogP contribution in [0, 0.1) is 20.2 Å². The van der Waals surface area contributed by atoms with E-state index in [1.165, 1.54) is 12.1 Å². The van der Waals surface area contributed by atoms with E-state index < -0.39 is 20.8 Å². The molecular weight excluding hydrogens is 268 g/mol. The predicted octanol–water partition coefficient (Wildman–Crippen LogP) is 1.79. The van der Waals surface area contributed by atoms with Gasteiger partial charge in [0.05, 0.1) is 0 Å². The minimum Gasteiger partial charge on any atom is -0.264 e. The van der Waals surface area contributed by atoms with Gasteiger partial charge in [0.15, 0.2) is 0 Å². The van der Waals surface area contributed by atoms with Crippen molar-refractivity contribution in [1.29, 1.82) is 0 Å². The van der Waals surface area contributed by atoms with Crippen LogP contribution in [0.3, 0.4) is 0 Å². The Kier molecular flexibility index (Phi) is 3.35. The highest BCUT2D eigenvalue weighted by Gasteiger charge is 2.47. The Balaban J connectivity index is 3.13. The second-order valence-corrected chi connectivity index (χ2v) is 4.19.